The van der Waals surface area contributed by atoms with Gasteiger partial charge in [-0.25, -0.2) is 0 Å². The molecule has 1 saturated heterocycles. The average molecular weight is 170 g/mol. The predicted molar refractivity (Wildman–Crippen MR) is 47.6 cm³/mol. The highest BCUT2D eigenvalue weighted by Crippen LogP contribution is 2.35. The number of nitrogens with two attached hydrogens (primary N) is 1. The third-order valence-electron chi connectivity index (χ3n) is 3.36. The maximum Gasteiger partial charge on any atom is 0.105 e. The molecule has 3 nitrogen and oxygen atoms in total. The van der Waals surface area contributed by atoms with E-state index in [2.05, 4.69) is 5.32 Å². The fourth-order valence-electron chi connectivity index (χ4n) is 2.50. The van der Waals surface area contributed by atoms with Gasteiger partial charge in [-0.1, -0.05) is 0 Å². The summed E-state index contributed by atoms with van der Waals surface area (Å²) in [5.41, 5.74) is 6.08. The molecule has 0 bridgehead atoms. The quantitative estimate of drug-likeness (QED) is 0.491. The van der Waals surface area contributed by atoms with E-state index >= 15 is 0 Å². The van der Waals surface area contributed by atoms with Crippen molar-refractivity contribution >= 4 is 0 Å². The van der Waals surface area contributed by atoms with Crippen LogP contribution in [0.5, 0.6) is 0 Å². The highest BCUT2D eigenvalue weighted by molar-refractivity contribution is 4.98. The Kier molecular flexibility index (Phi) is 2.10. The number of rotatable bonds is 0. The molecule has 0 aromatic heterocycles. The van der Waals surface area contributed by atoms with Gasteiger partial charge in [-0.15, -0.1) is 0 Å². The van der Waals surface area contributed by atoms with Crippen molar-refractivity contribution in [1.29, 1.82) is 0 Å². The van der Waals surface area contributed by atoms with E-state index in [1.165, 1.54) is 0 Å². The van der Waals surface area contributed by atoms with Crippen molar-refractivity contribution in [2.75, 3.05) is 0 Å². The summed E-state index contributed by atoms with van der Waals surface area (Å²) >= 11 is 0. The first kappa shape index (κ1) is 8.48. The van der Waals surface area contributed by atoms with Crippen molar-refractivity contribution in [3.63, 3.8) is 0 Å². The Morgan fingerprint density at radius 2 is 1.75 bits per heavy atom. The van der Waals surface area contributed by atoms with Crippen LogP contribution in [0.25, 0.3) is 0 Å². The maximum atomic E-state index is 9.37. The minimum absolute atomic E-state index is 0.245. The maximum absolute atomic E-state index is 9.37. The Labute approximate surface area is 73.3 Å². The van der Waals surface area contributed by atoms with Crippen molar-refractivity contribution < 1.29 is 5.11 Å². The number of nitrogens with one attached hydrogen (secondary N) is 1. The van der Waals surface area contributed by atoms with Crippen LogP contribution in [-0.2, 0) is 0 Å². The average Bonchev–Trinajstić information content (AvgIpc) is 2.40. The van der Waals surface area contributed by atoms with E-state index in [0.717, 1.165) is 38.5 Å². The molecular formula is C9H18N2O. The van der Waals surface area contributed by atoms with Gasteiger partial charge in [0.1, 0.15) is 6.23 Å². The van der Waals surface area contributed by atoms with E-state index in [9.17, 15) is 5.11 Å². The van der Waals surface area contributed by atoms with Crippen LogP contribution in [0.15, 0.2) is 0 Å². The highest BCUT2D eigenvalue weighted by atomic mass is 16.3. The van der Waals surface area contributed by atoms with Crippen molar-refractivity contribution in [2.24, 2.45) is 5.73 Å². The molecule has 12 heavy (non-hydrogen) atoms. The van der Waals surface area contributed by atoms with Crippen molar-refractivity contribution in [1.82, 2.24) is 5.32 Å². The Balaban J connectivity index is 1.95. The fraction of sp³-hybridized carbons (Fsp3) is 1.00. The molecule has 1 atom stereocenters. The summed E-state index contributed by atoms with van der Waals surface area (Å²) in [4.78, 5) is 0. The minimum Gasteiger partial charge on any atom is -0.379 e. The third kappa shape index (κ3) is 1.49. The Hall–Kier alpha value is -0.120. The van der Waals surface area contributed by atoms with Crippen LogP contribution in [0.2, 0.25) is 0 Å². The van der Waals surface area contributed by atoms with Gasteiger partial charge in [-0.3, -0.25) is 5.32 Å². The van der Waals surface area contributed by atoms with Crippen LogP contribution in [0.1, 0.15) is 38.5 Å². The van der Waals surface area contributed by atoms with Crippen LogP contribution < -0.4 is 11.1 Å². The molecule has 1 heterocycles. The van der Waals surface area contributed by atoms with Gasteiger partial charge >= 0.3 is 0 Å². The summed E-state index contributed by atoms with van der Waals surface area (Å²) in [7, 11) is 0. The summed E-state index contributed by atoms with van der Waals surface area (Å²) < 4.78 is 0. The topological polar surface area (TPSA) is 58.3 Å². The SMILES string of the molecule is N[C@H]1CC[C@@]2(CCC(O)N2)CC1. The van der Waals surface area contributed by atoms with E-state index in [-0.39, 0.29) is 11.8 Å². The number of hydrogen-bond donors (Lipinski definition) is 3. The lowest BCUT2D eigenvalue weighted by molar-refractivity contribution is 0.126. The second-order valence-corrected chi connectivity index (χ2v) is 4.32. The predicted octanol–water partition coefficient (Wildman–Crippen LogP) is 0.328. The molecule has 0 amide bonds. The fourth-order valence-corrected chi connectivity index (χ4v) is 2.50. The van der Waals surface area contributed by atoms with Crippen LogP contribution in [0, 0.1) is 0 Å². The van der Waals surface area contributed by atoms with Crippen LogP contribution in [0.3, 0.4) is 0 Å². The van der Waals surface area contributed by atoms with E-state index in [1.54, 1.807) is 0 Å². The van der Waals surface area contributed by atoms with E-state index in [1.807, 2.05) is 0 Å². The summed E-state index contributed by atoms with van der Waals surface area (Å²) in [5, 5.41) is 12.7. The van der Waals surface area contributed by atoms with Crippen LogP contribution in [-0.4, -0.2) is 22.9 Å². The normalized spacial score (nSPS) is 48.5. The van der Waals surface area contributed by atoms with Gasteiger partial charge in [-0.05, 0) is 38.5 Å². The lowest BCUT2D eigenvalue weighted by Crippen LogP contribution is -2.47. The Bertz CT molecular complexity index is 164. The number of aliphatic hydroxyl groups is 1. The van der Waals surface area contributed by atoms with E-state index in [4.69, 9.17) is 5.73 Å². The van der Waals surface area contributed by atoms with Gasteiger partial charge in [0.2, 0.25) is 0 Å². The molecular weight excluding hydrogens is 152 g/mol. The summed E-state index contributed by atoms with van der Waals surface area (Å²) in [5.74, 6) is 0. The van der Waals surface area contributed by atoms with Crippen LogP contribution >= 0.6 is 0 Å². The van der Waals surface area contributed by atoms with Gasteiger partial charge in [-0.2, -0.15) is 0 Å². The molecule has 0 radical (unpaired) electrons. The zero-order valence-corrected chi connectivity index (χ0v) is 7.42. The Morgan fingerprint density at radius 1 is 1.17 bits per heavy atom. The second-order valence-electron chi connectivity index (χ2n) is 4.32. The molecule has 3 heteroatoms. The van der Waals surface area contributed by atoms with E-state index in [0.29, 0.717) is 6.04 Å². The molecule has 2 fully saturated rings. The first-order chi connectivity index (χ1) is 5.70. The lowest BCUT2D eigenvalue weighted by Gasteiger charge is -2.36. The second kappa shape index (κ2) is 2.98. The van der Waals surface area contributed by atoms with Gasteiger partial charge in [0.05, 0.1) is 0 Å². The smallest absolute Gasteiger partial charge is 0.105 e. The zero-order valence-electron chi connectivity index (χ0n) is 7.42. The standard InChI is InChI=1S/C9H18N2O/c10-7-1-4-9(5-2-7)6-3-8(12)11-9/h7-8,11-12H,1-6,10H2/t7-,8?,9-. The molecule has 1 saturated carbocycles. The monoisotopic (exact) mass is 170 g/mol. The third-order valence-corrected chi connectivity index (χ3v) is 3.36. The number of aliphatic hydroxyl groups excluding tert-OH is 1. The molecule has 4 N–H and O–H groups in total. The molecule has 2 rings (SSSR count). The largest absolute Gasteiger partial charge is 0.379 e. The lowest BCUT2D eigenvalue weighted by atomic mass is 9.79. The molecule has 1 spiro atoms. The summed E-state index contributed by atoms with van der Waals surface area (Å²) in [6, 6.07) is 0.398. The molecule has 2 aliphatic rings. The Morgan fingerprint density at radius 3 is 2.25 bits per heavy atom. The van der Waals surface area contributed by atoms with Crippen LogP contribution in [0.4, 0.5) is 0 Å². The van der Waals surface area contributed by atoms with Gasteiger partial charge in [0.25, 0.3) is 0 Å². The van der Waals surface area contributed by atoms with E-state index < -0.39 is 0 Å². The molecule has 0 aromatic rings. The van der Waals surface area contributed by atoms with Gasteiger partial charge in [0, 0.05) is 11.6 Å². The molecule has 1 unspecified atom stereocenters. The molecule has 1 aliphatic carbocycles. The first-order valence-electron chi connectivity index (χ1n) is 4.92. The minimum atomic E-state index is -0.265. The zero-order chi connectivity index (χ0) is 8.60. The van der Waals surface area contributed by atoms with Gasteiger partial charge in [0.15, 0.2) is 0 Å². The van der Waals surface area contributed by atoms with Crippen molar-refractivity contribution in [3.05, 3.63) is 0 Å². The molecule has 0 aromatic carbocycles. The highest BCUT2D eigenvalue weighted by Gasteiger charge is 2.39. The van der Waals surface area contributed by atoms with Gasteiger partial charge < -0.3 is 10.8 Å². The van der Waals surface area contributed by atoms with Crippen molar-refractivity contribution in [2.45, 2.75) is 56.3 Å². The van der Waals surface area contributed by atoms with Crippen molar-refractivity contribution in [3.8, 4) is 0 Å². The number of hydrogen-bond acceptors (Lipinski definition) is 3. The summed E-state index contributed by atoms with van der Waals surface area (Å²) in [6.45, 7) is 0. The first-order valence-corrected chi connectivity index (χ1v) is 4.92. The summed E-state index contributed by atoms with van der Waals surface area (Å²) in [6.07, 6.45) is 6.28. The molecule has 1 aliphatic heterocycles. The molecule has 70 valence electrons.